The predicted molar refractivity (Wildman–Crippen MR) is 108 cm³/mol. The van der Waals surface area contributed by atoms with Gasteiger partial charge in [0.15, 0.2) is 5.96 Å². The molecule has 0 spiro atoms. The molecule has 1 aromatic carbocycles. The molecule has 1 saturated carbocycles. The zero-order valence-electron chi connectivity index (χ0n) is 13.2. The number of guanidine groups is 1. The summed E-state index contributed by atoms with van der Waals surface area (Å²) in [7, 11) is 0. The average molecular weight is 472 g/mol. The smallest absolute Gasteiger partial charge is 0.191 e. The zero-order valence-corrected chi connectivity index (χ0v) is 17.0. The Morgan fingerprint density at radius 1 is 1.26 bits per heavy atom. The van der Waals surface area contributed by atoms with Crippen LogP contribution in [-0.2, 0) is 0 Å². The maximum atomic E-state index is 10.2. The number of halogens is 3. The van der Waals surface area contributed by atoms with Crippen molar-refractivity contribution in [3.63, 3.8) is 0 Å². The number of rotatable bonds is 7. The van der Waals surface area contributed by atoms with E-state index in [-0.39, 0.29) is 30.5 Å². The van der Waals surface area contributed by atoms with E-state index in [2.05, 4.69) is 15.6 Å². The molecule has 0 amide bonds. The number of hydrogen-bond acceptors (Lipinski definition) is 2. The Morgan fingerprint density at radius 2 is 1.91 bits per heavy atom. The molecular weight excluding hydrogens is 448 g/mol. The van der Waals surface area contributed by atoms with Gasteiger partial charge in [0.2, 0.25) is 0 Å². The minimum atomic E-state index is -0.727. The van der Waals surface area contributed by atoms with Crippen LogP contribution in [0.4, 0.5) is 0 Å². The molecule has 2 rings (SSSR count). The minimum Gasteiger partial charge on any atom is -0.386 e. The molecule has 0 heterocycles. The summed E-state index contributed by atoms with van der Waals surface area (Å²) in [6.07, 6.45) is 3.15. The lowest BCUT2D eigenvalue weighted by Crippen LogP contribution is -2.38. The molecule has 1 atom stereocenters. The van der Waals surface area contributed by atoms with Gasteiger partial charge in [-0.15, -0.1) is 24.0 Å². The van der Waals surface area contributed by atoms with Gasteiger partial charge in [0.25, 0.3) is 0 Å². The van der Waals surface area contributed by atoms with Crippen LogP contribution in [0.5, 0.6) is 0 Å². The molecule has 1 aliphatic rings. The molecule has 7 heteroatoms. The number of aliphatic hydroxyl groups is 1. The Bertz CT molecular complexity index is 504. The van der Waals surface area contributed by atoms with Crippen LogP contribution in [0.1, 0.15) is 37.9 Å². The van der Waals surface area contributed by atoms with Crippen LogP contribution in [-0.4, -0.2) is 30.7 Å². The Balaban J connectivity index is 0.00000264. The second-order valence-electron chi connectivity index (χ2n) is 5.60. The topological polar surface area (TPSA) is 56.7 Å². The molecule has 1 unspecified atom stereocenters. The van der Waals surface area contributed by atoms with Crippen molar-refractivity contribution in [3.05, 3.63) is 33.8 Å². The van der Waals surface area contributed by atoms with E-state index in [0.29, 0.717) is 15.6 Å². The molecule has 23 heavy (non-hydrogen) atoms. The molecule has 4 nitrogen and oxygen atoms in total. The molecule has 0 saturated heterocycles. The Morgan fingerprint density at radius 3 is 2.48 bits per heavy atom. The summed E-state index contributed by atoms with van der Waals surface area (Å²) in [5.41, 5.74) is 0.676. The van der Waals surface area contributed by atoms with Crippen molar-refractivity contribution in [2.75, 3.05) is 19.6 Å². The lowest BCUT2D eigenvalue weighted by atomic mass is 10.1. The summed E-state index contributed by atoms with van der Waals surface area (Å²) < 4.78 is 0. The summed E-state index contributed by atoms with van der Waals surface area (Å²) in [5, 5.41) is 17.7. The average Bonchev–Trinajstić information content (AvgIpc) is 3.27. The van der Waals surface area contributed by atoms with Gasteiger partial charge in [-0.05, 0) is 43.0 Å². The van der Waals surface area contributed by atoms with Gasteiger partial charge in [-0.25, -0.2) is 0 Å². The monoisotopic (exact) mass is 471 g/mol. The first-order valence-corrected chi connectivity index (χ1v) is 8.50. The molecule has 3 N–H and O–H groups in total. The van der Waals surface area contributed by atoms with Gasteiger partial charge in [0, 0.05) is 23.1 Å². The Kier molecular flexibility index (Phi) is 9.58. The van der Waals surface area contributed by atoms with E-state index in [1.807, 2.05) is 6.92 Å². The molecular formula is C16H24Cl2IN3O. The largest absolute Gasteiger partial charge is 0.386 e. The van der Waals surface area contributed by atoms with Crippen LogP contribution in [0.25, 0.3) is 0 Å². The molecule has 130 valence electrons. The van der Waals surface area contributed by atoms with Gasteiger partial charge >= 0.3 is 0 Å². The zero-order chi connectivity index (χ0) is 15.9. The number of aliphatic imine (C=N–C) groups is 1. The van der Waals surface area contributed by atoms with Gasteiger partial charge in [-0.2, -0.15) is 0 Å². The third-order valence-corrected chi connectivity index (χ3v) is 4.01. The molecule has 1 fully saturated rings. The molecule has 1 aromatic rings. The fraction of sp³-hybridized carbons (Fsp3) is 0.562. The van der Waals surface area contributed by atoms with Gasteiger partial charge < -0.3 is 15.7 Å². The second-order valence-corrected chi connectivity index (χ2v) is 6.47. The summed E-state index contributed by atoms with van der Waals surface area (Å²) in [5.74, 6) is 1.62. The second kappa shape index (κ2) is 10.6. The summed E-state index contributed by atoms with van der Waals surface area (Å²) in [4.78, 5) is 4.42. The van der Waals surface area contributed by atoms with Crippen molar-refractivity contribution >= 4 is 53.1 Å². The number of benzene rings is 1. The van der Waals surface area contributed by atoms with Crippen molar-refractivity contribution in [1.82, 2.24) is 10.6 Å². The molecule has 0 radical (unpaired) electrons. The van der Waals surface area contributed by atoms with Crippen LogP contribution in [0.15, 0.2) is 23.2 Å². The minimum absolute atomic E-state index is 0. The normalized spacial score (nSPS) is 15.7. The first kappa shape index (κ1) is 20.8. The van der Waals surface area contributed by atoms with Gasteiger partial charge in [0.05, 0.1) is 12.6 Å². The van der Waals surface area contributed by atoms with E-state index in [0.717, 1.165) is 25.0 Å². The summed E-state index contributed by atoms with van der Waals surface area (Å²) >= 11 is 11.9. The van der Waals surface area contributed by atoms with Crippen molar-refractivity contribution in [2.24, 2.45) is 10.9 Å². The molecule has 0 aromatic heterocycles. The van der Waals surface area contributed by atoms with Crippen LogP contribution >= 0.6 is 47.2 Å². The number of hydrogen-bond donors (Lipinski definition) is 3. The highest BCUT2D eigenvalue weighted by molar-refractivity contribution is 14.0. The van der Waals surface area contributed by atoms with E-state index < -0.39 is 6.10 Å². The number of nitrogens with zero attached hydrogens (tertiary/aromatic N) is 1. The predicted octanol–water partition coefficient (Wildman–Crippen LogP) is 4.00. The van der Waals surface area contributed by atoms with Crippen LogP contribution in [0, 0.1) is 5.92 Å². The molecule has 1 aliphatic carbocycles. The lowest BCUT2D eigenvalue weighted by Gasteiger charge is -2.13. The van der Waals surface area contributed by atoms with Crippen LogP contribution < -0.4 is 10.6 Å². The fourth-order valence-corrected chi connectivity index (χ4v) is 2.74. The van der Waals surface area contributed by atoms with Crippen LogP contribution in [0.2, 0.25) is 10.0 Å². The van der Waals surface area contributed by atoms with Crippen molar-refractivity contribution < 1.29 is 5.11 Å². The highest BCUT2D eigenvalue weighted by Gasteiger charge is 2.20. The van der Waals surface area contributed by atoms with Crippen molar-refractivity contribution in [3.8, 4) is 0 Å². The van der Waals surface area contributed by atoms with E-state index in [9.17, 15) is 5.11 Å². The number of aliphatic hydroxyl groups excluding tert-OH is 1. The van der Waals surface area contributed by atoms with E-state index in [1.165, 1.54) is 19.3 Å². The lowest BCUT2D eigenvalue weighted by molar-refractivity contribution is 0.187. The first-order chi connectivity index (χ1) is 10.6. The first-order valence-electron chi connectivity index (χ1n) is 7.74. The quantitative estimate of drug-likeness (QED) is 0.320. The SMILES string of the molecule is CCNC(=NCC(O)c1cc(Cl)cc(Cl)c1)NCCC1CC1.I. The van der Waals surface area contributed by atoms with Gasteiger partial charge in [-0.1, -0.05) is 36.0 Å². The highest BCUT2D eigenvalue weighted by atomic mass is 127. The maximum absolute atomic E-state index is 10.2. The van der Waals surface area contributed by atoms with Crippen LogP contribution in [0.3, 0.4) is 0 Å². The van der Waals surface area contributed by atoms with E-state index in [4.69, 9.17) is 23.2 Å². The fourth-order valence-electron chi connectivity index (χ4n) is 2.19. The van der Waals surface area contributed by atoms with Crippen molar-refractivity contribution in [2.45, 2.75) is 32.3 Å². The maximum Gasteiger partial charge on any atom is 0.191 e. The van der Waals surface area contributed by atoms with Crippen molar-refractivity contribution in [1.29, 1.82) is 0 Å². The Hall–Kier alpha value is -0.240. The highest BCUT2D eigenvalue weighted by Crippen LogP contribution is 2.31. The molecule has 0 aliphatic heterocycles. The van der Waals surface area contributed by atoms with Gasteiger partial charge in [-0.3, -0.25) is 4.99 Å². The standard InChI is InChI=1S/C16H23Cl2N3O.HI/c1-2-19-16(20-6-5-11-3-4-11)21-10-15(22)12-7-13(17)9-14(18)8-12;/h7-9,11,15,22H,2-6,10H2,1H3,(H2,19,20,21);1H. The summed E-state index contributed by atoms with van der Waals surface area (Å²) in [6, 6.07) is 5.06. The van der Waals surface area contributed by atoms with E-state index in [1.54, 1.807) is 18.2 Å². The number of nitrogens with one attached hydrogen (secondary N) is 2. The molecule has 0 bridgehead atoms. The third kappa shape index (κ3) is 7.92. The van der Waals surface area contributed by atoms with Gasteiger partial charge in [0.1, 0.15) is 0 Å². The summed E-state index contributed by atoms with van der Waals surface area (Å²) in [6.45, 7) is 3.98. The Labute approximate surface area is 165 Å². The van der Waals surface area contributed by atoms with E-state index >= 15 is 0 Å². The third-order valence-electron chi connectivity index (χ3n) is 3.58.